The molecule has 0 bridgehead atoms. The maximum atomic E-state index is 12.6. The molecule has 0 aliphatic carbocycles. The Kier molecular flexibility index (Phi) is 7.00. The summed E-state index contributed by atoms with van der Waals surface area (Å²) in [4.78, 5) is 31.2. The van der Waals surface area contributed by atoms with Gasteiger partial charge < -0.3 is 15.4 Å². The van der Waals surface area contributed by atoms with E-state index in [1.54, 1.807) is 31.5 Å². The van der Waals surface area contributed by atoms with Crippen molar-refractivity contribution in [2.24, 2.45) is 5.92 Å². The van der Waals surface area contributed by atoms with E-state index in [0.29, 0.717) is 23.8 Å². The van der Waals surface area contributed by atoms with Crippen LogP contribution in [0.2, 0.25) is 0 Å². The second-order valence-corrected chi connectivity index (χ2v) is 7.59. The van der Waals surface area contributed by atoms with Gasteiger partial charge in [0.15, 0.2) is 0 Å². The molecule has 2 aromatic rings. The summed E-state index contributed by atoms with van der Waals surface area (Å²) in [5, 5.41) is 5.73. The second-order valence-electron chi connectivity index (χ2n) is 6.67. The summed E-state index contributed by atoms with van der Waals surface area (Å²) in [6.45, 7) is 1.57. The maximum absolute atomic E-state index is 12.6. The number of amides is 2. The first-order valence-corrected chi connectivity index (χ1v) is 9.92. The van der Waals surface area contributed by atoms with Gasteiger partial charge in [-0.2, -0.15) is 0 Å². The van der Waals surface area contributed by atoms with Gasteiger partial charge in [0.2, 0.25) is 11.8 Å². The van der Waals surface area contributed by atoms with Crippen molar-refractivity contribution >= 4 is 39.2 Å². The number of halogens is 1. The Balaban J connectivity index is 1.53. The Hall–Kier alpha value is -2.45. The van der Waals surface area contributed by atoms with Crippen molar-refractivity contribution in [3.8, 4) is 5.75 Å². The number of para-hydroxylation sites is 2. The molecule has 1 aliphatic rings. The highest BCUT2D eigenvalue weighted by Gasteiger charge is 2.27. The Morgan fingerprint density at radius 2 is 2.07 bits per heavy atom. The van der Waals surface area contributed by atoms with Crippen LogP contribution in [0.3, 0.4) is 0 Å². The van der Waals surface area contributed by atoms with E-state index < -0.39 is 0 Å². The zero-order valence-electron chi connectivity index (χ0n) is 15.7. The molecule has 2 N–H and O–H groups in total. The average Bonchev–Trinajstić information content (AvgIpc) is 2.70. The Labute approximate surface area is 172 Å². The third-order valence-electron chi connectivity index (χ3n) is 4.60. The summed E-state index contributed by atoms with van der Waals surface area (Å²) in [6, 6.07) is 10.9. The number of piperidine rings is 1. The van der Waals surface area contributed by atoms with Crippen LogP contribution in [0.25, 0.3) is 0 Å². The highest BCUT2D eigenvalue weighted by Crippen LogP contribution is 2.23. The molecule has 3 rings (SSSR count). The molecule has 1 aliphatic heterocycles. The lowest BCUT2D eigenvalue weighted by atomic mass is 9.97. The molecule has 2 heterocycles. The Morgan fingerprint density at radius 3 is 2.82 bits per heavy atom. The van der Waals surface area contributed by atoms with Gasteiger partial charge in [-0.25, -0.2) is 4.98 Å². The predicted molar refractivity (Wildman–Crippen MR) is 111 cm³/mol. The van der Waals surface area contributed by atoms with Crippen molar-refractivity contribution in [3.05, 3.63) is 47.1 Å². The van der Waals surface area contributed by atoms with Crippen LogP contribution in [0.1, 0.15) is 12.8 Å². The quantitative estimate of drug-likeness (QED) is 0.711. The summed E-state index contributed by atoms with van der Waals surface area (Å²) in [5.41, 5.74) is 0.641. The topological polar surface area (TPSA) is 83.6 Å². The van der Waals surface area contributed by atoms with Crippen molar-refractivity contribution in [2.75, 3.05) is 37.4 Å². The first-order chi connectivity index (χ1) is 13.5. The number of likely N-dealkylation sites (tertiary alicyclic amines) is 1. The number of pyridine rings is 1. The molecular weight excluding hydrogens is 424 g/mol. The van der Waals surface area contributed by atoms with E-state index in [0.717, 1.165) is 23.9 Å². The third kappa shape index (κ3) is 5.53. The summed E-state index contributed by atoms with van der Waals surface area (Å²) >= 11 is 3.32. The molecule has 28 heavy (non-hydrogen) atoms. The number of benzene rings is 1. The van der Waals surface area contributed by atoms with Crippen LogP contribution in [-0.4, -0.2) is 48.4 Å². The van der Waals surface area contributed by atoms with Gasteiger partial charge in [0.25, 0.3) is 0 Å². The van der Waals surface area contributed by atoms with Crippen LogP contribution in [0.15, 0.2) is 47.1 Å². The summed E-state index contributed by atoms with van der Waals surface area (Å²) in [7, 11) is 1.57. The highest BCUT2D eigenvalue weighted by molar-refractivity contribution is 9.10. The minimum Gasteiger partial charge on any atom is -0.495 e. The van der Waals surface area contributed by atoms with Gasteiger partial charge in [-0.3, -0.25) is 14.5 Å². The van der Waals surface area contributed by atoms with Crippen LogP contribution in [0.4, 0.5) is 11.5 Å². The van der Waals surface area contributed by atoms with Crippen LogP contribution >= 0.6 is 15.9 Å². The molecule has 1 unspecified atom stereocenters. The average molecular weight is 447 g/mol. The molecule has 1 atom stereocenters. The normalized spacial score (nSPS) is 17.0. The molecule has 148 valence electrons. The fourth-order valence-corrected chi connectivity index (χ4v) is 3.47. The lowest BCUT2D eigenvalue weighted by Gasteiger charge is -2.31. The number of nitrogens with zero attached hydrogens (tertiary/aromatic N) is 2. The molecule has 8 heteroatoms. The van der Waals surface area contributed by atoms with Gasteiger partial charge in [0.05, 0.1) is 25.3 Å². The number of anilines is 2. The molecule has 1 aromatic heterocycles. The zero-order valence-corrected chi connectivity index (χ0v) is 17.2. The zero-order chi connectivity index (χ0) is 19.9. The fraction of sp³-hybridized carbons (Fsp3) is 0.350. The maximum Gasteiger partial charge on any atom is 0.238 e. The molecule has 0 spiro atoms. The van der Waals surface area contributed by atoms with Crippen molar-refractivity contribution in [1.29, 1.82) is 0 Å². The van der Waals surface area contributed by atoms with E-state index in [4.69, 9.17) is 4.74 Å². The number of aromatic nitrogens is 1. The van der Waals surface area contributed by atoms with Gasteiger partial charge in [-0.1, -0.05) is 12.1 Å². The van der Waals surface area contributed by atoms with Crippen molar-refractivity contribution < 1.29 is 14.3 Å². The first kappa shape index (κ1) is 20.3. The van der Waals surface area contributed by atoms with E-state index in [2.05, 4.69) is 31.5 Å². The van der Waals surface area contributed by atoms with E-state index in [1.807, 2.05) is 23.1 Å². The molecular formula is C20H23BrN4O3. The first-order valence-electron chi connectivity index (χ1n) is 9.13. The number of carbonyl (C=O) groups is 2. The molecule has 2 amide bonds. The number of hydrogen-bond donors (Lipinski definition) is 2. The number of methoxy groups -OCH3 is 1. The van der Waals surface area contributed by atoms with Crippen molar-refractivity contribution in [2.45, 2.75) is 12.8 Å². The number of nitrogens with one attached hydrogen (secondary N) is 2. The molecule has 7 nitrogen and oxygen atoms in total. The van der Waals surface area contributed by atoms with Gasteiger partial charge in [0.1, 0.15) is 11.6 Å². The molecule has 0 radical (unpaired) electrons. The molecule has 0 saturated carbocycles. The van der Waals surface area contributed by atoms with E-state index in [1.165, 1.54) is 0 Å². The van der Waals surface area contributed by atoms with E-state index in [-0.39, 0.29) is 24.3 Å². The van der Waals surface area contributed by atoms with Crippen LogP contribution in [-0.2, 0) is 9.59 Å². The van der Waals surface area contributed by atoms with Crippen molar-refractivity contribution in [1.82, 2.24) is 9.88 Å². The number of ether oxygens (including phenoxy) is 1. The van der Waals surface area contributed by atoms with Crippen LogP contribution in [0.5, 0.6) is 5.75 Å². The molecule has 1 saturated heterocycles. The molecule has 1 fully saturated rings. The smallest absolute Gasteiger partial charge is 0.238 e. The lowest BCUT2D eigenvalue weighted by molar-refractivity contribution is -0.123. The summed E-state index contributed by atoms with van der Waals surface area (Å²) < 4.78 is 6.12. The van der Waals surface area contributed by atoms with E-state index >= 15 is 0 Å². The molecule has 1 aromatic carbocycles. The summed E-state index contributed by atoms with van der Waals surface area (Å²) in [6.07, 6.45) is 3.31. The largest absolute Gasteiger partial charge is 0.495 e. The van der Waals surface area contributed by atoms with Crippen LogP contribution < -0.4 is 15.4 Å². The van der Waals surface area contributed by atoms with Gasteiger partial charge >= 0.3 is 0 Å². The summed E-state index contributed by atoms with van der Waals surface area (Å²) in [5.74, 6) is 0.788. The Morgan fingerprint density at radius 1 is 1.25 bits per heavy atom. The monoisotopic (exact) mass is 446 g/mol. The lowest BCUT2D eigenvalue weighted by Crippen LogP contribution is -2.44. The van der Waals surface area contributed by atoms with Gasteiger partial charge in [-0.05, 0) is 59.6 Å². The third-order valence-corrected chi connectivity index (χ3v) is 5.07. The standard InChI is InChI=1S/C20H23BrN4O3/c1-28-17-7-3-2-6-16(17)23-19(26)13-25-10-4-5-14(12-25)20(27)24-18-9-8-15(21)11-22-18/h2-3,6-9,11,14H,4-5,10,12-13H2,1H3,(H,23,26)(H,22,24,27). The minimum atomic E-state index is -0.168. The van der Waals surface area contributed by atoms with Gasteiger partial charge in [-0.15, -0.1) is 0 Å². The Bertz CT molecular complexity index is 828. The fourth-order valence-electron chi connectivity index (χ4n) is 3.23. The number of rotatable bonds is 6. The van der Waals surface area contributed by atoms with Gasteiger partial charge in [0, 0.05) is 17.2 Å². The highest BCUT2D eigenvalue weighted by atomic mass is 79.9. The van der Waals surface area contributed by atoms with Crippen molar-refractivity contribution in [3.63, 3.8) is 0 Å². The number of carbonyl (C=O) groups excluding carboxylic acids is 2. The van der Waals surface area contributed by atoms with E-state index in [9.17, 15) is 9.59 Å². The minimum absolute atomic E-state index is 0.0651. The van der Waals surface area contributed by atoms with Crippen LogP contribution in [0, 0.1) is 5.92 Å². The SMILES string of the molecule is COc1ccccc1NC(=O)CN1CCCC(C(=O)Nc2ccc(Br)cn2)C1. The number of hydrogen-bond acceptors (Lipinski definition) is 5. The predicted octanol–water partition coefficient (Wildman–Crippen LogP) is 3.14. The second kappa shape index (κ2) is 9.66.